The number of hydrogen-bond acceptors (Lipinski definition) is 4. The molecule has 1 aromatic rings. The zero-order chi connectivity index (χ0) is 15.5. The molecule has 1 aliphatic rings. The Bertz CT molecular complexity index is 629. The molecule has 1 fully saturated rings. The molecule has 0 aliphatic carbocycles. The van der Waals surface area contributed by atoms with Crippen LogP contribution in [0, 0.1) is 18.3 Å². The summed E-state index contributed by atoms with van der Waals surface area (Å²) in [6.45, 7) is 5.95. The first-order valence-corrected chi connectivity index (χ1v) is 8.63. The maximum atomic E-state index is 12.6. The normalized spacial score (nSPS) is 19.1. The fourth-order valence-electron chi connectivity index (χ4n) is 2.61. The van der Waals surface area contributed by atoms with Gasteiger partial charge in [0.2, 0.25) is 10.0 Å². The summed E-state index contributed by atoms with van der Waals surface area (Å²) >= 11 is 0. The van der Waals surface area contributed by atoms with Crippen molar-refractivity contribution >= 4 is 10.0 Å². The molecule has 0 saturated carbocycles. The van der Waals surface area contributed by atoms with Gasteiger partial charge in [-0.2, -0.15) is 9.57 Å². The Morgan fingerprint density at radius 3 is 2.48 bits per heavy atom. The van der Waals surface area contributed by atoms with Crippen LogP contribution >= 0.6 is 0 Å². The maximum Gasteiger partial charge on any atom is 0.243 e. The number of rotatable bonds is 4. The molecule has 2 rings (SSSR count). The van der Waals surface area contributed by atoms with Gasteiger partial charge >= 0.3 is 0 Å². The molecular formula is C15H21N3O2S. The zero-order valence-electron chi connectivity index (χ0n) is 12.5. The van der Waals surface area contributed by atoms with Crippen LogP contribution in [0.25, 0.3) is 0 Å². The van der Waals surface area contributed by atoms with E-state index in [9.17, 15) is 8.42 Å². The smallest absolute Gasteiger partial charge is 0.243 e. The predicted molar refractivity (Wildman–Crippen MR) is 81.2 cm³/mol. The number of sulfonamides is 1. The van der Waals surface area contributed by atoms with Crippen LogP contribution in [0.4, 0.5) is 0 Å². The monoisotopic (exact) mass is 307 g/mol. The van der Waals surface area contributed by atoms with E-state index in [1.807, 2.05) is 19.9 Å². The summed E-state index contributed by atoms with van der Waals surface area (Å²) in [6, 6.07) is 9.14. The molecule has 1 aromatic carbocycles. The van der Waals surface area contributed by atoms with Crippen molar-refractivity contribution in [2.24, 2.45) is 0 Å². The van der Waals surface area contributed by atoms with Gasteiger partial charge in [0.15, 0.2) is 0 Å². The first-order chi connectivity index (χ1) is 9.98. The summed E-state index contributed by atoms with van der Waals surface area (Å²) in [7, 11) is -3.42. The van der Waals surface area contributed by atoms with E-state index in [1.54, 1.807) is 18.2 Å². The first kappa shape index (κ1) is 16.0. The lowest BCUT2D eigenvalue weighted by molar-refractivity contribution is 0.159. The number of benzene rings is 1. The van der Waals surface area contributed by atoms with Gasteiger partial charge in [-0.25, -0.2) is 8.42 Å². The van der Waals surface area contributed by atoms with E-state index in [0.29, 0.717) is 31.1 Å². The Morgan fingerprint density at radius 2 is 1.95 bits per heavy atom. The van der Waals surface area contributed by atoms with Crippen LogP contribution in [0.2, 0.25) is 0 Å². The Balaban J connectivity index is 2.10. The molecule has 1 saturated heterocycles. The Kier molecular flexibility index (Phi) is 4.99. The second-order valence-corrected chi connectivity index (χ2v) is 7.25. The van der Waals surface area contributed by atoms with Gasteiger partial charge in [-0.3, -0.25) is 4.90 Å². The van der Waals surface area contributed by atoms with Crippen molar-refractivity contribution < 1.29 is 8.42 Å². The molecule has 1 unspecified atom stereocenters. The van der Waals surface area contributed by atoms with Gasteiger partial charge in [0.1, 0.15) is 0 Å². The van der Waals surface area contributed by atoms with Crippen LogP contribution in [0.5, 0.6) is 0 Å². The highest BCUT2D eigenvalue weighted by Gasteiger charge is 2.30. The summed E-state index contributed by atoms with van der Waals surface area (Å²) in [5.41, 5.74) is 0.935. The van der Waals surface area contributed by atoms with Crippen molar-refractivity contribution in [3.05, 3.63) is 29.8 Å². The van der Waals surface area contributed by atoms with E-state index in [1.165, 1.54) is 4.31 Å². The van der Waals surface area contributed by atoms with E-state index in [4.69, 9.17) is 5.26 Å². The number of aryl methyl sites for hydroxylation is 1. The van der Waals surface area contributed by atoms with Crippen molar-refractivity contribution in [2.45, 2.75) is 31.2 Å². The summed E-state index contributed by atoms with van der Waals surface area (Å²) < 4.78 is 26.7. The third-order valence-corrected chi connectivity index (χ3v) is 5.77. The van der Waals surface area contributed by atoms with Crippen LogP contribution in [0.1, 0.15) is 18.9 Å². The van der Waals surface area contributed by atoms with Crippen LogP contribution in [-0.2, 0) is 10.0 Å². The largest absolute Gasteiger partial charge is 0.285 e. The lowest BCUT2D eigenvalue weighted by atomic mass is 10.2. The molecule has 1 atom stereocenters. The minimum atomic E-state index is -3.42. The lowest BCUT2D eigenvalue weighted by Crippen LogP contribution is -2.51. The molecule has 1 aliphatic heterocycles. The minimum Gasteiger partial charge on any atom is -0.285 e. The highest BCUT2D eigenvalue weighted by molar-refractivity contribution is 7.89. The molecule has 0 aromatic heterocycles. The maximum absolute atomic E-state index is 12.6. The van der Waals surface area contributed by atoms with Crippen molar-refractivity contribution in [3.8, 4) is 6.07 Å². The summed E-state index contributed by atoms with van der Waals surface area (Å²) in [5.74, 6) is 0. The Hall–Kier alpha value is -1.42. The van der Waals surface area contributed by atoms with E-state index in [-0.39, 0.29) is 6.04 Å². The molecule has 6 heteroatoms. The van der Waals surface area contributed by atoms with Gasteiger partial charge in [-0.05, 0) is 31.0 Å². The van der Waals surface area contributed by atoms with E-state index >= 15 is 0 Å². The molecule has 0 bridgehead atoms. The van der Waals surface area contributed by atoms with Crippen LogP contribution in [-0.4, -0.2) is 49.8 Å². The molecule has 0 spiro atoms. The zero-order valence-corrected chi connectivity index (χ0v) is 13.3. The summed E-state index contributed by atoms with van der Waals surface area (Å²) in [4.78, 5) is 2.41. The van der Waals surface area contributed by atoms with Crippen molar-refractivity contribution in [1.82, 2.24) is 9.21 Å². The van der Waals surface area contributed by atoms with Crippen molar-refractivity contribution in [2.75, 3.05) is 26.2 Å². The summed E-state index contributed by atoms with van der Waals surface area (Å²) in [6.07, 6.45) is 0.765. The van der Waals surface area contributed by atoms with E-state index in [2.05, 4.69) is 11.0 Å². The standard InChI is InChI=1S/C15H21N3O2S/c1-3-14(12-16)17-7-9-18(10-8-17)21(19,20)15-6-4-5-13(2)11-15/h4-6,11,14H,3,7-10H2,1-2H3. The van der Waals surface area contributed by atoms with Gasteiger partial charge in [-0.15, -0.1) is 0 Å². The van der Waals surface area contributed by atoms with Crippen LogP contribution < -0.4 is 0 Å². The molecule has 1 heterocycles. The molecule has 21 heavy (non-hydrogen) atoms. The average Bonchev–Trinajstić information content (AvgIpc) is 2.49. The third-order valence-electron chi connectivity index (χ3n) is 3.88. The highest BCUT2D eigenvalue weighted by atomic mass is 32.2. The Morgan fingerprint density at radius 1 is 1.29 bits per heavy atom. The number of nitrogens with zero attached hydrogens (tertiary/aromatic N) is 3. The second kappa shape index (κ2) is 6.56. The number of hydrogen-bond donors (Lipinski definition) is 0. The minimum absolute atomic E-state index is 0.117. The lowest BCUT2D eigenvalue weighted by Gasteiger charge is -2.35. The Labute approximate surface area is 126 Å². The predicted octanol–water partition coefficient (Wildman–Crippen LogP) is 1.60. The third kappa shape index (κ3) is 3.43. The highest BCUT2D eigenvalue weighted by Crippen LogP contribution is 2.19. The molecular weight excluding hydrogens is 286 g/mol. The van der Waals surface area contributed by atoms with Crippen LogP contribution in [0.3, 0.4) is 0 Å². The van der Waals surface area contributed by atoms with E-state index < -0.39 is 10.0 Å². The van der Waals surface area contributed by atoms with Gasteiger partial charge in [0, 0.05) is 26.2 Å². The second-order valence-electron chi connectivity index (χ2n) is 5.31. The van der Waals surface area contributed by atoms with E-state index in [0.717, 1.165) is 12.0 Å². The topological polar surface area (TPSA) is 64.4 Å². The quantitative estimate of drug-likeness (QED) is 0.847. The van der Waals surface area contributed by atoms with Gasteiger partial charge in [-0.1, -0.05) is 19.1 Å². The van der Waals surface area contributed by atoms with Gasteiger partial charge in [0.05, 0.1) is 17.0 Å². The SMILES string of the molecule is CCC(C#N)N1CCN(S(=O)(=O)c2cccc(C)c2)CC1. The fraction of sp³-hybridized carbons (Fsp3) is 0.533. The molecule has 0 radical (unpaired) electrons. The fourth-order valence-corrected chi connectivity index (χ4v) is 4.14. The van der Waals surface area contributed by atoms with Crippen molar-refractivity contribution in [1.29, 1.82) is 5.26 Å². The molecule has 0 N–H and O–H groups in total. The van der Waals surface area contributed by atoms with Crippen LogP contribution in [0.15, 0.2) is 29.2 Å². The number of piperazine rings is 1. The van der Waals surface area contributed by atoms with Gasteiger partial charge < -0.3 is 0 Å². The average molecular weight is 307 g/mol. The molecule has 0 amide bonds. The van der Waals surface area contributed by atoms with Crippen molar-refractivity contribution in [3.63, 3.8) is 0 Å². The molecule has 5 nitrogen and oxygen atoms in total. The first-order valence-electron chi connectivity index (χ1n) is 7.19. The summed E-state index contributed by atoms with van der Waals surface area (Å²) in [5, 5.41) is 9.09. The number of nitriles is 1. The van der Waals surface area contributed by atoms with Gasteiger partial charge in [0.25, 0.3) is 0 Å². The molecule has 114 valence electrons.